The highest BCUT2D eigenvalue weighted by molar-refractivity contribution is 5.98. The van der Waals surface area contributed by atoms with E-state index in [1.54, 1.807) is 6.07 Å². The number of aliphatic hydroxyl groups is 1. The minimum atomic E-state index is -0.830. The molecule has 4 rings (SSSR count). The fourth-order valence-electron chi connectivity index (χ4n) is 5.50. The Labute approximate surface area is 202 Å². The Bertz CT molecular complexity index is 1030. The first-order valence-corrected chi connectivity index (χ1v) is 12.3. The summed E-state index contributed by atoms with van der Waals surface area (Å²) in [5, 5.41) is 18.1. The number of rotatable bonds is 4. The molecule has 0 spiro atoms. The first-order chi connectivity index (χ1) is 16.0. The van der Waals surface area contributed by atoms with E-state index in [0.717, 1.165) is 23.4 Å². The molecule has 8 nitrogen and oxygen atoms in total. The van der Waals surface area contributed by atoms with Crippen molar-refractivity contribution < 1.29 is 14.6 Å². The molecule has 8 heteroatoms. The van der Waals surface area contributed by atoms with Crippen molar-refractivity contribution in [2.45, 2.75) is 83.5 Å². The third-order valence-electron chi connectivity index (χ3n) is 7.78. The summed E-state index contributed by atoms with van der Waals surface area (Å²) in [4.78, 5) is 20.3. The maximum atomic E-state index is 13.5. The molecule has 34 heavy (non-hydrogen) atoms. The lowest BCUT2D eigenvalue weighted by Crippen LogP contribution is -2.65. The predicted octanol–water partition coefficient (Wildman–Crippen LogP) is 2.27. The molecule has 1 aromatic rings. The van der Waals surface area contributed by atoms with E-state index in [1.165, 1.54) is 0 Å². The number of carbonyl (C=O) groups is 1. The predicted molar refractivity (Wildman–Crippen MR) is 134 cm³/mol. The Morgan fingerprint density at radius 3 is 2.76 bits per heavy atom. The first-order valence-electron chi connectivity index (χ1n) is 12.3. The molecule has 0 aliphatic carbocycles. The van der Waals surface area contributed by atoms with E-state index < -0.39 is 17.7 Å². The summed E-state index contributed by atoms with van der Waals surface area (Å²) in [6.45, 7) is 14.0. The SMILES string of the molecule is CCC(N)=NC1CNC(=C(C)C)N2C[C@@H](NC(=O)c3cccc4c3OCCC4(C)C)[C@@H](O)C12C. The van der Waals surface area contributed by atoms with Crippen LogP contribution in [-0.4, -0.2) is 65.2 Å². The molecule has 186 valence electrons. The normalized spacial score (nSPS) is 30.1. The Kier molecular flexibility index (Phi) is 6.31. The second-order valence-corrected chi connectivity index (χ2v) is 10.7. The second kappa shape index (κ2) is 8.80. The summed E-state index contributed by atoms with van der Waals surface area (Å²) >= 11 is 0. The number of ether oxygens (including phenoxy) is 1. The van der Waals surface area contributed by atoms with Crippen LogP contribution in [0.15, 0.2) is 34.6 Å². The van der Waals surface area contributed by atoms with Gasteiger partial charge in [-0.1, -0.05) is 32.9 Å². The van der Waals surface area contributed by atoms with Crippen molar-refractivity contribution in [3.8, 4) is 5.75 Å². The zero-order valence-corrected chi connectivity index (χ0v) is 21.2. The fourth-order valence-corrected chi connectivity index (χ4v) is 5.50. The van der Waals surface area contributed by atoms with Crippen LogP contribution in [0.1, 0.15) is 70.3 Å². The van der Waals surface area contributed by atoms with E-state index in [4.69, 9.17) is 15.5 Å². The van der Waals surface area contributed by atoms with Gasteiger partial charge in [0.25, 0.3) is 5.91 Å². The second-order valence-electron chi connectivity index (χ2n) is 10.7. The highest BCUT2D eigenvalue weighted by atomic mass is 16.5. The molecule has 0 saturated carbocycles. The molecule has 0 radical (unpaired) electrons. The molecule has 5 N–H and O–H groups in total. The number of hydrogen-bond acceptors (Lipinski definition) is 6. The quantitative estimate of drug-likeness (QED) is 0.398. The van der Waals surface area contributed by atoms with Crippen molar-refractivity contribution in [2.24, 2.45) is 10.7 Å². The molecule has 0 aromatic heterocycles. The molecule has 1 amide bonds. The van der Waals surface area contributed by atoms with Gasteiger partial charge in [0.2, 0.25) is 0 Å². The van der Waals surface area contributed by atoms with Gasteiger partial charge in [-0.15, -0.1) is 0 Å². The summed E-state index contributed by atoms with van der Waals surface area (Å²) in [5.74, 6) is 1.95. The Morgan fingerprint density at radius 2 is 2.09 bits per heavy atom. The standard InChI is InChI=1S/C26H39N5O3/c1-7-20(27)30-19-13-28-23(15(2)3)31-14-18(22(32)26(19,31)6)29-24(33)16-9-8-10-17-21(16)34-12-11-25(17,4)5/h8-10,18-19,22,28,32H,7,11-14H2,1-6H3,(H2,27,30)(H,29,33)/t18-,19?,22-,26?/m1/s1. The number of allylic oxidation sites excluding steroid dienone is 1. The van der Waals surface area contributed by atoms with Gasteiger partial charge in [-0.2, -0.15) is 0 Å². The number of para-hydroxylation sites is 1. The molecule has 3 aliphatic rings. The minimum Gasteiger partial charge on any atom is -0.492 e. The van der Waals surface area contributed by atoms with Crippen LogP contribution in [0.3, 0.4) is 0 Å². The van der Waals surface area contributed by atoms with Crippen molar-refractivity contribution in [2.75, 3.05) is 19.7 Å². The Morgan fingerprint density at radius 1 is 1.35 bits per heavy atom. The van der Waals surface area contributed by atoms with E-state index in [2.05, 4.69) is 29.4 Å². The average molecular weight is 470 g/mol. The molecular weight excluding hydrogens is 430 g/mol. The maximum Gasteiger partial charge on any atom is 0.255 e. The molecule has 3 aliphatic heterocycles. The molecule has 1 aromatic carbocycles. The van der Waals surface area contributed by atoms with E-state index in [9.17, 15) is 9.90 Å². The highest BCUT2D eigenvalue weighted by Crippen LogP contribution is 2.42. The number of amidine groups is 1. The van der Waals surface area contributed by atoms with Crippen LogP contribution >= 0.6 is 0 Å². The van der Waals surface area contributed by atoms with Crippen molar-refractivity contribution >= 4 is 11.7 Å². The highest BCUT2D eigenvalue weighted by Gasteiger charge is 2.58. The average Bonchev–Trinajstić information content (AvgIpc) is 3.04. The van der Waals surface area contributed by atoms with Crippen LogP contribution in [0.2, 0.25) is 0 Å². The van der Waals surface area contributed by atoms with Crippen LogP contribution in [0.25, 0.3) is 0 Å². The van der Waals surface area contributed by atoms with Gasteiger partial charge in [-0.05, 0) is 44.2 Å². The van der Waals surface area contributed by atoms with Crippen LogP contribution in [0.4, 0.5) is 0 Å². The third-order valence-corrected chi connectivity index (χ3v) is 7.78. The Hall–Kier alpha value is -2.74. The summed E-state index contributed by atoms with van der Waals surface area (Å²) in [6, 6.07) is 5.01. The van der Waals surface area contributed by atoms with Gasteiger partial charge in [0.1, 0.15) is 17.7 Å². The fraction of sp³-hybridized carbons (Fsp3) is 0.615. The summed E-state index contributed by atoms with van der Waals surface area (Å²) in [6.07, 6.45) is 0.720. The number of carbonyl (C=O) groups excluding carboxylic acids is 1. The molecule has 2 saturated heterocycles. The van der Waals surface area contributed by atoms with E-state index in [-0.39, 0.29) is 17.4 Å². The molecule has 4 atom stereocenters. The largest absolute Gasteiger partial charge is 0.492 e. The van der Waals surface area contributed by atoms with Gasteiger partial charge in [0.05, 0.1) is 35.6 Å². The lowest BCUT2D eigenvalue weighted by atomic mass is 9.79. The van der Waals surface area contributed by atoms with E-state index in [1.807, 2.05) is 39.8 Å². The summed E-state index contributed by atoms with van der Waals surface area (Å²) in [7, 11) is 0. The van der Waals surface area contributed by atoms with Crippen LogP contribution in [-0.2, 0) is 5.41 Å². The number of nitrogens with one attached hydrogen (secondary N) is 2. The monoisotopic (exact) mass is 469 g/mol. The zero-order chi connectivity index (χ0) is 24.8. The topological polar surface area (TPSA) is 112 Å². The number of benzene rings is 1. The maximum absolute atomic E-state index is 13.5. The van der Waals surface area contributed by atoms with Gasteiger partial charge >= 0.3 is 0 Å². The minimum absolute atomic E-state index is 0.0562. The van der Waals surface area contributed by atoms with E-state index >= 15 is 0 Å². The zero-order valence-electron chi connectivity index (χ0n) is 21.2. The number of nitrogens with zero attached hydrogens (tertiary/aromatic N) is 2. The van der Waals surface area contributed by atoms with Gasteiger partial charge in [-0.25, -0.2) is 0 Å². The molecule has 0 bridgehead atoms. The van der Waals surface area contributed by atoms with Crippen molar-refractivity contribution in [3.05, 3.63) is 40.7 Å². The number of aliphatic hydroxyl groups excluding tert-OH is 1. The van der Waals surface area contributed by atoms with Gasteiger partial charge in [0.15, 0.2) is 0 Å². The van der Waals surface area contributed by atoms with Crippen LogP contribution in [0, 0.1) is 0 Å². The van der Waals surface area contributed by atoms with Crippen molar-refractivity contribution in [3.63, 3.8) is 0 Å². The van der Waals surface area contributed by atoms with E-state index in [0.29, 0.717) is 43.3 Å². The summed E-state index contributed by atoms with van der Waals surface area (Å²) < 4.78 is 5.96. The number of fused-ring (bicyclic) bond motifs is 2. The number of amides is 1. The molecule has 3 heterocycles. The molecule has 2 fully saturated rings. The van der Waals surface area contributed by atoms with Gasteiger partial charge in [0, 0.05) is 25.1 Å². The number of nitrogens with two attached hydrogens (primary N) is 1. The van der Waals surface area contributed by atoms with Crippen molar-refractivity contribution in [1.29, 1.82) is 0 Å². The molecular formula is C26H39N5O3. The first kappa shape index (κ1) is 24.4. The van der Waals surface area contributed by atoms with Crippen molar-refractivity contribution in [1.82, 2.24) is 15.5 Å². The number of aliphatic imine (C=N–C) groups is 1. The lowest BCUT2D eigenvalue weighted by Gasteiger charge is -2.48. The van der Waals surface area contributed by atoms with Gasteiger partial charge < -0.3 is 31.1 Å². The number of hydrogen-bond donors (Lipinski definition) is 4. The Balaban J connectivity index is 1.65. The van der Waals surface area contributed by atoms with Crippen LogP contribution < -0.4 is 21.1 Å². The smallest absolute Gasteiger partial charge is 0.255 e. The summed E-state index contributed by atoms with van der Waals surface area (Å²) in [5.41, 5.74) is 8.00. The molecule has 2 unspecified atom stereocenters. The third kappa shape index (κ3) is 3.91. The van der Waals surface area contributed by atoms with Gasteiger partial charge in [-0.3, -0.25) is 9.79 Å². The van der Waals surface area contributed by atoms with Crippen LogP contribution in [0.5, 0.6) is 5.75 Å². The lowest BCUT2D eigenvalue weighted by molar-refractivity contribution is 0.0137.